The second-order valence-electron chi connectivity index (χ2n) is 4.42. The Morgan fingerprint density at radius 2 is 2.00 bits per heavy atom. The number of aliphatic hydroxyl groups is 1. The minimum Gasteiger partial charge on any atom is -0.479 e. The lowest BCUT2D eigenvalue weighted by Crippen LogP contribution is -2.46. The first-order chi connectivity index (χ1) is 9.60. The van der Waals surface area contributed by atoms with Gasteiger partial charge in [-0.3, -0.25) is 0 Å². The predicted octanol–water partition coefficient (Wildman–Crippen LogP) is -0.413. The maximum absolute atomic E-state index is 12.0. The topological polar surface area (TPSA) is 130 Å². The molecule has 0 heterocycles. The van der Waals surface area contributed by atoms with Gasteiger partial charge in [-0.2, -0.15) is 0 Å². The van der Waals surface area contributed by atoms with Crippen LogP contribution in [-0.4, -0.2) is 49.8 Å². The second-order valence-corrected chi connectivity index (χ2v) is 6.19. The summed E-state index contributed by atoms with van der Waals surface area (Å²) in [6.07, 6.45) is 0. The van der Waals surface area contributed by atoms with Gasteiger partial charge in [0.1, 0.15) is 0 Å². The predicted molar refractivity (Wildman–Crippen MR) is 71.2 cm³/mol. The summed E-state index contributed by atoms with van der Waals surface area (Å²) in [4.78, 5) is 21.8. The Morgan fingerprint density at radius 3 is 2.52 bits per heavy atom. The van der Waals surface area contributed by atoms with E-state index in [-0.39, 0.29) is 10.5 Å². The van der Waals surface area contributed by atoms with E-state index >= 15 is 0 Å². The van der Waals surface area contributed by atoms with E-state index in [1.54, 1.807) is 0 Å². The van der Waals surface area contributed by atoms with Crippen molar-refractivity contribution in [2.24, 2.45) is 0 Å². The molecule has 1 aromatic carbocycles. The molecule has 0 aliphatic rings. The molecule has 1 aromatic rings. The maximum Gasteiger partial charge on any atom is 0.337 e. The van der Waals surface area contributed by atoms with E-state index in [2.05, 4.69) is 4.74 Å². The molecule has 0 bridgehead atoms. The monoisotopic (exact) mass is 317 g/mol. The number of carbonyl (C=O) groups is 2. The molecule has 0 aromatic heterocycles. The first-order valence-electron chi connectivity index (χ1n) is 5.74. The molecule has 0 saturated carbocycles. The van der Waals surface area contributed by atoms with Crippen LogP contribution < -0.4 is 4.72 Å². The number of nitrogens with one attached hydrogen (secondary N) is 1. The molecule has 1 unspecified atom stereocenters. The van der Waals surface area contributed by atoms with E-state index in [1.807, 2.05) is 4.72 Å². The summed E-state index contributed by atoms with van der Waals surface area (Å²) >= 11 is 0. The van der Waals surface area contributed by atoms with Gasteiger partial charge in [-0.1, -0.05) is 6.07 Å². The van der Waals surface area contributed by atoms with E-state index in [0.717, 1.165) is 20.1 Å². The van der Waals surface area contributed by atoms with E-state index in [0.29, 0.717) is 0 Å². The Morgan fingerprint density at radius 1 is 1.38 bits per heavy atom. The highest BCUT2D eigenvalue weighted by atomic mass is 32.2. The molecule has 1 atom stereocenters. The van der Waals surface area contributed by atoms with Crippen LogP contribution in [0.1, 0.15) is 17.3 Å². The fraction of sp³-hybridized carbons (Fsp3) is 0.333. The van der Waals surface area contributed by atoms with Crippen LogP contribution in [-0.2, 0) is 19.6 Å². The van der Waals surface area contributed by atoms with Gasteiger partial charge < -0.3 is 14.9 Å². The van der Waals surface area contributed by atoms with Gasteiger partial charge in [-0.05, 0) is 25.1 Å². The van der Waals surface area contributed by atoms with Crippen molar-refractivity contribution < 1.29 is 33.0 Å². The molecule has 1 rings (SSSR count). The van der Waals surface area contributed by atoms with Gasteiger partial charge in [-0.25, -0.2) is 22.7 Å². The molecular formula is C12H15NO7S. The van der Waals surface area contributed by atoms with Gasteiger partial charge in [0.05, 0.1) is 24.1 Å². The lowest BCUT2D eigenvalue weighted by molar-refractivity contribution is -0.155. The molecule has 0 radical (unpaired) electrons. The van der Waals surface area contributed by atoms with E-state index in [1.165, 1.54) is 18.2 Å². The summed E-state index contributed by atoms with van der Waals surface area (Å²) in [6, 6.07) is 5.03. The largest absolute Gasteiger partial charge is 0.479 e. The van der Waals surface area contributed by atoms with Gasteiger partial charge in [0.25, 0.3) is 0 Å². The van der Waals surface area contributed by atoms with Crippen LogP contribution >= 0.6 is 0 Å². The summed E-state index contributed by atoms with van der Waals surface area (Å²) in [5.74, 6) is -2.27. The third-order valence-corrected chi connectivity index (χ3v) is 4.03. The van der Waals surface area contributed by atoms with Crippen LogP contribution in [0.15, 0.2) is 29.2 Å². The van der Waals surface area contributed by atoms with Crippen molar-refractivity contribution in [1.29, 1.82) is 0 Å². The Labute approximate surface area is 121 Å². The SMILES string of the molecule is COC(=O)c1cccc(S(=O)(=O)NCC(C)(O)C(=O)O)c1. The third-order valence-electron chi connectivity index (χ3n) is 2.63. The van der Waals surface area contributed by atoms with Gasteiger partial charge in [0, 0.05) is 0 Å². The first kappa shape index (κ1) is 17.1. The quantitative estimate of drug-likeness (QED) is 0.608. The van der Waals surface area contributed by atoms with Crippen molar-refractivity contribution in [2.75, 3.05) is 13.7 Å². The first-order valence-corrected chi connectivity index (χ1v) is 7.22. The van der Waals surface area contributed by atoms with Gasteiger partial charge in [-0.15, -0.1) is 0 Å². The second kappa shape index (κ2) is 6.20. The molecular weight excluding hydrogens is 302 g/mol. The molecule has 0 saturated heterocycles. The lowest BCUT2D eigenvalue weighted by atomic mass is 10.1. The van der Waals surface area contributed by atoms with Gasteiger partial charge in [0.15, 0.2) is 5.60 Å². The Bertz CT molecular complexity index is 651. The average molecular weight is 317 g/mol. The van der Waals surface area contributed by atoms with Crippen LogP contribution in [0.2, 0.25) is 0 Å². The number of sulfonamides is 1. The standard InChI is InChI=1S/C12H15NO7S/c1-12(17,11(15)16)7-13-21(18,19)9-5-3-4-8(6-9)10(14)20-2/h3-6,13,17H,7H2,1-2H3,(H,15,16). The number of carboxylic acids is 1. The van der Waals surface area contributed by atoms with Gasteiger partial charge in [0.2, 0.25) is 10.0 Å². The fourth-order valence-electron chi connectivity index (χ4n) is 1.30. The highest BCUT2D eigenvalue weighted by Crippen LogP contribution is 2.13. The van der Waals surface area contributed by atoms with Crippen LogP contribution in [0.25, 0.3) is 0 Å². The molecule has 8 nitrogen and oxygen atoms in total. The summed E-state index contributed by atoms with van der Waals surface area (Å²) in [7, 11) is -2.91. The highest BCUT2D eigenvalue weighted by Gasteiger charge is 2.31. The number of hydrogen-bond donors (Lipinski definition) is 3. The summed E-state index contributed by atoms with van der Waals surface area (Å²) in [5, 5.41) is 18.2. The smallest absolute Gasteiger partial charge is 0.337 e. The maximum atomic E-state index is 12.0. The van der Waals surface area contributed by atoms with Gasteiger partial charge >= 0.3 is 11.9 Å². The van der Waals surface area contributed by atoms with E-state index in [4.69, 9.17) is 5.11 Å². The fourth-order valence-corrected chi connectivity index (χ4v) is 2.48. The average Bonchev–Trinajstić information content (AvgIpc) is 2.44. The highest BCUT2D eigenvalue weighted by molar-refractivity contribution is 7.89. The number of carboxylic acid groups (broad SMARTS) is 1. The molecule has 0 fully saturated rings. The van der Waals surface area contributed by atoms with Crippen molar-refractivity contribution in [3.63, 3.8) is 0 Å². The van der Waals surface area contributed by atoms with Crippen LogP contribution in [0.3, 0.4) is 0 Å². The number of benzene rings is 1. The number of esters is 1. The molecule has 9 heteroatoms. The van der Waals surface area contributed by atoms with Crippen LogP contribution in [0, 0.1) is 0 Å². The van der Waals surface area contributed by atoms with Crippen molar-refractivity contribution in [2.45, 2.75) is 17.4 Å². The number of rotatable bonds is 6. The molecule has 0 amide bonds. The number of ether oxygens (including phenoxy) is 1. The van der Waals surface area contributed by atoms with Crippen LogP contribution in [0.5, 0.6) is 0 Å². The summed E-state index contributed by atoms with van der Waals surface area (Å²) in [6.45, 7) is 0.246. The molecule has 21 heavy (non-hydrogen) atoms. The van der Waals surface area contributed by atoms with Crippen molar-refractivity contribution in [3.8, 4) is 0 Å². The zero-order chi connectivity index (χ0) is 16.3. The Hall–Kier alpha value is -1.97. The molecule has 3 N–H and O–H groups in total. The minimum absolute atomic E-state index is 0.0327. The normalized spacial score (nSPS) is 14.2. The Balaban J connectivity index is 2.99. The number of aliphatic carboxylic acids is 1. The zero-order valence-corrected chi connectivity index (χ0v) is 12.2. The molecule has 0 aliphatic carbocycles. The Kier molecular flexibility index (Phi) is 5.05. The number of methoxy groups -OCH3 is 1. The number of carbonyl (C=O) groups excluding carboxylic acids is 1. The summed E-state index contributed by atoms with van der Waals surface area (Å²) < 4.78 is 30.4. The molecule has 0 spiro atoms. The van der Waals surface area contributed by atoms with Crippen LogP contribution in [0.4, 0.5) is 0 Å². The lowest BCUT2D eigenvalue weighted by Gasteiger charge is -2.18. The summed E-state index contributed by atoms with van der Waals surface area (Å²) in [5.41, 5.74) is -2.21. The number of hydrogen-bond acceptors (Lipinski definition) is 6. The van der Waals surface area contributed by atoms with E-state index < -0.39 is 34.1 Å². The van der Waals surface area contributed by atoms with Crippen molar-refractivity contribution >= 4 is 22.0 Å². The molecule has 0 aliphatic heterocycles. The van der Waals surface area contributed by atoms with Crippen molar-refractivity contribution in [3.05, 3.63) is 29.8 Å². The van der Waals surface area contributed by atoms with E-state index in [9.17, 15) is 23.1 Å². The molecule has 116 valence electrons. The minimum atomic E-state index is -4.07. The van der Waals surface area contributed by atoms with Crippen molar-refractivity contribution in [1.82, 2.24) is 4.72 Å². The third kappa shape index (κ3) is 4.25. The zero-order valence-electron chi connectivity index (χ0n) is 11.4.